The van der Waals surface area contributed by atoms with E-state index in [1.165, 1.54) is 23.5 Å². The van der Waals surface area contributed by atoms with Crippen molar-refractivity contribution in [2.75, 3.05) is 13.1 Å². The van der Waals surface area contributed by atoms with Gasteiger partial charge < -0.3 is 10.6 Å². The van der Waals surface area contributed by atoms with Crippen LogP contribution in [0, 0.1) is 18.7 Å². The molecule has 1 aromatic heterocycles. The molecule has 2 N–H and O–H groups in total. The Balaban J connectivity index is 1.77. The Labute approximate surface area is 139 Å². The average molecular weight is 332 g/mol. The normalized spacial score (nSPS) is 21.2. The summed E-state index contributed by atoms with van der Waals surface area (Å²) in [5.74, 6) is 0.177. The van der Waals surface area contributed by atoms with Gasteiger partial charge in [-0.2, -0.15) is 0 Å². The van der Waals surface area contributed by atoms with E-state index in [2.05, 4.69) is 17.6 Å². The van der Waals surface area contributed by atoms with E-state index in [9.17, 15) is 9.18 Å². The fourth-order valence-electron chi connectivity index (χ4n) is 2.95. The predicted molar refractivity (Wildman–Crippen MR) is 92.4 cm³/mol. The highest BCUT2D eigenvalue weighted by Gasteiger charge is 2.24. The molecule has 0 radical (unpaired) electrons. The van der Waals surface area contributed by atoms with Crippen LogP contribution < -0.4 is 10.6 Å². The number of piperidine rings is 1. The lowest BCUT2D eigenvalue weighted by molar-refractivity contribution is 0.0918. The monoisotopic (exact) mass is 332 g/mol. The molecule has 3 nitrogen and oxygen atoms in total. The Hall–Kier alpha value is -1.72. The minimum Gasteiger partial charge on any atom is -0.348 e. The zero-order chi connectivity index (χ0) is 16.4. The van der Waals surface area contributed by atoms with E-state index in [-0.39, 0.29) is 17.8 Å². The smallest absolute Gasteiger partial charge is 0.261 e. The number of halogens is 1. The van der Waals surface area contributed by atoms with Crippen LogP contribution in [0.1, 0.15) is 28.6 Å². The molecule has 1 amide bonds. The number of hydrogen-bond acceptors (Lipinski definition) is 3. The standard InChI is InChI=1S/C18H21FN2OS/c1-11-9-16(18(22)21-15-7-8-20-10-12(15)2)23-17(11)13-3-5-14(19)6-4-13/h3-6,9,12,15,20H,7-8,10H2,1-2H3,(H,21,22). The first kappa shape index (κ1) is 16.1. The van der Waals surface area contributed by atoms with Gasteiger partial charge in [0.05, 0.1) is 4.88 Å². The van der Waals surface area contributed by atoms with Crippen LogP contribution in [0.5, 0.6) is 0 Å². The molecule has 0 saturated carbocycles. The fourth-order valence-corrected chi connectivity index (χ4v) is 4.03. The molecule has 1 aliphatic rings. The van der Waals surface area contributed by atoms with Gasteiger partial charge in [0.15, 0.2) is 0 Å². The van der Waals surface area contributed by atoms with Gasteiger partial charge in [0, 0.05) is 10.9 Å². The summed E-state index contributed by atoms with van der Waals surface area (Å²) in [5.41, 5.74) is 1.99. The van der Waals surface area contributed by atoms with Crippen molar-refractivity contribution in [2.45, 2.75) is 26.3 Å². The summed E-state index contributed by atoms with van der Waals surface area (Å²) in [6, 6.07) is 8.55. The number of hydrogen-bond donors (Lipinski definition) is 2. The van der Waals surface area contributed by atoms with Gasteiger partial charge in [0.1, 0.15) is 5.82 Å². The number of carbonyl (C=O) groups excluding carboxylic acids is 1. The molecule has 5 heteroatoms. The fraction of sp³-hybridized carbons (Fsp3) is 0.389. The third-order valence-electron chi connectivity index (χ3n) is 4.35. The van der Waals surface area contributed by atoms with Gasteiger partial charge >= 0.3 is 0 Å². The van der Waals surface area contributed by atoms with Crippen molar-refractivity contribution in [3.05, 3.63) is 46.6 Å². The minimum atomic E-state index is -0.249. The molecule has 1 aliphatic heterocycles. The molecule has 2 unspecified atom stereocenters. The second-order valence-corrected chi connectivity index (χ2v) is 7.23. The van der Waals surface area contributed by atoms with Crippen LogP contribution in [-0.4, -0.2) is 25.0 Å². The lowest BCUT2D eigenvalue weighted by Gasteiger charge is -2.30. The molecule has 23 heavy (non-hydrogen) atoms. The molecular formula is C18H21FN2OS. The maximum absolute atomic E-state index is 13.1. The van der Waals surface area contributed by atoms with E-state index < -0.39 is 0 Å². The van der Waals surface area contributed by atoms with Crippen molar-refractivity contribution in [1.29, 1.82) is 0 Å². The number of thiophene rings is 1. The Morgan fingerprint density at radius 3 is 2.78 bits per heavy atom. The zero-order valence-electron chi connectivity index (χ0n) is 13.4. The Morgan fingerprint density at radius 1 is 1.35 bits per heavy atom. The molecular weight excluding hydrogens is 311 g/mol. The number of rotatable bonds is 3. The van der Waals surface area contributed by atoms with Gasteiger partial charge in [0.25, 0.3) is 5.91 Å². The molecule has 1 fully saturated rings. The van der Waals surface area contributed by atoms with Crippen molar-refractivity contribution >= 4 is 17.2 Å². The summed E-state index contributed by atoms with van der Waals surface area (Å²) in [6.07, 6.45) is 0.960. The molecule has 122 valence electrons. The van der Waals surface area contributed by atoms with Crippen LogP contribution >= 0.6 is 11.3 Å². The lowest BCUT2D eigenvalue weighted by atomic mass is 9.95. The van der Waals surface area contributed by atoms with Gasteiger partial charge in [-0.3, -0.25) is 4.79 Å². The van der Waals surface area contributed by atoms with E-state index >= 15 is 0 Å². The summed E-state index contributed by atoms with van der Waals surface area (Å²) < 4.78 is 13.1. The van der Waals surface area contributed by atoms with Crippen LogP contribution in [0.4, 0.5) is 4.39 Å². The average Bonchev–Trinajstić information content (AvgIpc) is 2.92. The number of benzene rings is 1. The predicted octanol–water partition coefficient (Wildman–Crippen LogP) is 3.59. The topological polar surface area (TPSA) is 41.1 Å². The van der Waals surface area contributed by atoms with Gasteiger partial charge in [-0.25, -0.2) is 4.39 Å². The van der Waals surface area contributed by atoms with Crippen LogP contribution in [0.3, 0.4) is 0 Å². The molecule has 3 rings (SSSR count). The largest absolute Gasteiger partial charge is 0.348 e. The maximum Gasteiger partial charge on any atom is 0.261 e. The zero-order valence-corrected chi connectivity index (χ0v) is 14.2. The van der Waals surface area contributed by atoms with E-state index in [4.69, 9.17) is 0 Å². The van der Waals surface area contributed by atoms with Crippen molar-refractivity contribution in [3.63, 3.8) is 0 Å². The van der Waals surface area contributed by atoms with Crippen LogP contribution in [0.25, 0.3) is 10.4 Å². The molecule has 1 saturated heterocycles. The lowest BCUT2D eigenvalue weighted by Crippen LogP contribution is -2.48. The molecule has 2 heterocycles. The second kappa shape index (κ2) is 6.81. The first-order valence-electron chi connectivity index (χ1n) is 7.92. The number of carbonyl (C=O) groups is 1. The molecule has 2 atom stereocenters. The quantitative estimate of drug-likeness (QED) is 0.902. The third-order valence-corrected chi connectivity index (χ3v) is 5.63. The molecule has 1 aromatic carbocycles. The van der Waals surface area contributed by atoms with Crippen molar-refractivity contribution < 1.29 is 9.18 Å². The highest BCUT2D eigenvalue weighted by Crippen LogP contribution is 2.32. The second-order valence-electron chi connectivity index (χ2n) is 6.18. The Bertz CT molecular complexity index is 696. The van der Waals surface area contributed by atoms with Gasteiger partial charge in [0.2, 0.25) is 0 Å². The summed E-state index contributed by atoms with van der Waals surface area (Å²) in [4.78, 5) is 14.3. The Kier molecular flexibility index (Phi) is 4.78. The summed E-state index contributed by atoms with van der Waals surface area (Å²) in [5, 5.41) is 6.49. The van der Waals surface area contributed by atoms with Gasteiger partial charge in [-0.05, 0) is 61.7 Å². The molecule has 2 aromatic rings. The molecule has 0 spiro atoms. The van der Waals surface area contributed by atoms with Gasteiger partial charge in [-0.1, -0.05) is 19.1 Å². The number of amides is 1. The summed E-state index contributed by atoms with van der Waals surface area (Å²) >= 11 is 1.47. The van der Waals surface area contributed by atoms with Crippen LogP contribution in [-0.2, 0) is 0 Å². The summed E-state index contributed by atoms with van der Waals surface area (Å²) in [7, 11) is 0. The van der Waals surface area contributed by atoms with E-state index in [1.807, 2.05) is 13.0 Å². The van der Waals surface area contributed by atoms with E-state index in [0.29, 0.717) is 10.8 Å². The van der Waals surface area contributed by atoms with Crippen LogP contribution in [0.15, 0.2) is 30.3 Å². The SMILES string of the molecule is Cc1cc(C(=O)NC2CCNCC2C)sc1-c1ccc(F)cc1. The van der Waals surface area contributed by atoms with Gasteiger partial charge in [-0.15, -0.1) is 11.3 Å². The third kappa shape index (κ3) is 3.62. The first-order chi connectivity index (χ1) is 11.0. The number of nitrogens with one attached hydrogen (secondary N) is 2. The minimum absolute atomic E-state index is 0.00906. The highest BCUT2D eigenvalue weighted by atomic mass is 32.1. The maximum atomic E-state index is 13.1. The number of aryl methyl sites for hydroxylation is 1. The molecule has 0 bridgehead atoms. The summed E-state index contributed by atoms with van der Waals surface area (Å²) in [6.45, 7) is 6.02. The first-order valence-corrected chi connectivity index (χ1v) is 8.74. The van der Waals surface area contributed by atoms with Crippen molar-refractivity contribution in [1.82, 2.24) is 10.6 Å². The van der Waals surface area contributed by atoms with Crippen molar-refractivity contribution in [2.24, 2.45) is 5.92 Å². The van der Waals surface area contributed by atoms with E-state index in [0.717, 1.165) is 35.5 Å². The van der Waals surface area contributed by atoms with E-state index in [1.54, 1.807) is 12.1 Å². The van der Waals surface area contributed by atoms with Crippen LogP contribution in [0.2, 0.25) is 0 Å². The Morgan fingerprint density at radius 2 is 2.09 bits per heavy atom. The van der Waals surface area contributed by atoms with Crippen molar-refractivity contribution in [3.8, 4) is 10.4 Å². The molecule has 0 aliphatic carbocycles. The highest BCUT2D eigenvalue weighted by molar-refractivity contribution is 7.17.